The number of carbonyl (C=O) groups is 1. The number of hydrogen-bond donors (Lipinski definition) is 1. The lowest BCUT2D eigenvalue weighted by atomic mass is 9.98. The lowest BCUT2D eigenvalue weighted by Crippen LogP contribution is -2.44. The number of nitro groups is 1. The molecule has 1 N–H and O–H groups in total. The first-order valence-corrected chi connectivity index (χ1v) is 9.46. The number of nitro benzene ring substituents is 1. The van der Waals surface area contributed by atoms with Gasteiger partial charge in [-0.05, 0) is 25.8 Å². The maximum Gasteiger partial charge on any atom is 0.271 e. The number of nitrogens with one attached hydrogen (secondary N) is 1. The molecule has 0 bridgehead atoms. The van der Waals surface area contributed by atoms with Crippen molar-refractivity contribution in [3.05, 3.63) is 33.3 Å². The molecule has 8 nitrogen and oxygen atoms in total. The third-order valence-electron chi connectivity index (χ3n) is 3.93. The molecule has 0 aromatic heterocycles. The number of piperidine rings is 1. The molecule has 0 spiro atoms. The summed E-state index contributed by atoms with van der Waals surface area (Å²) in [4.78, 5) is 22.6. The van der Waals surface area contributed by atoms with Gasteiger partial charge in [0.05, 0.1) is 27.3 Å². The Hall–Kier alpha value is -1.71. The standard InChI is InChI=1S/C14H18ClN3O5S/c1-2-24(22,23)17-7-3-4-10(9-17)14(19)16-13-8-11(18(20)21)5-6-12(13)15/h5-6,8,10H,2-4,7,9H2,1H3,(H,16,19)/t10-/m0/s1. The monoisotopic (exact) mass is 375 g/mol. The molecule has 0 saturated carbocycles. The predicted molar refractivity (Wildman–Crippen MR) is 90.5 cm³/mol. The average molecular weight is 376 g/mol. The van der Waals surface area contributed by atoms with Crippen LogP contribution in [-0.2, 0) is 14.8 Å². The number of rotatable bonds is 5. The number of halogens is 1. The number of non-ortho nitro benzene ring substituents is 1. The lowest BCUT2D eigenvalue weighted by Gasteiger charge is -2.30. The van der Waals surface area contributed by atoms with Crippen LogP contribution in [-0.4, -0.2) is 42.4 Å². The highest BCUT2D eigenvalue weighted by atomic mass is 35.5. The highest BCUT2D eigenvalue weighted by molar-refractivity contribution is 7.89. The molecule has 0 unspecified atom stereocenters. The summed E-state index contributed by atoms with van der Waals surface area (Å²) in [5.74, 6) is -0.929. The molecule has 0 aliphatic carbocycles. The van der Waals surface area contributed by atoms with E-state index in [1.165, 1.54) is 22.5 Å². The fraction of sp³-hybridized carbons (Fsp3) is 0.500. The number of amides is 1. The van der Waals surface area contributed by atoms with E-state index >= 15 is 0 Å². The summed E-state index contributed by atoms with van der Waals surface area (Å²) in [6, 6.07) is 3.77. The molecule has 1 amide bonds. The quantitative estimate of drug-likeness (QED) is 0.627. The molecular weight excluding hydrogens is 358 g/mol. The Morgan fingerprint density at radius 1 is 1.50 bits per heavy atom. The normalized spacial score (nSPS) is 19.0. The Morgan fingerprint density at radius 3 is 2.83 bits per heavy atom. The number of hydrogen-bond acceptors (Lipinski definition) is 5. The summed E-state index contributed by atoms with van der Waals surface area (Å²) in [6.07, 6.45) is 1.13. The molecule has 1 atom stereocenters. The minimum Gasteiger partial charge on any atom is -0.324 e. The SMILES string of the molecule is CCS(=O)(=O)N1CCC[C@H](C(=O)Nc2cc([N+](=O)[O-])ccc2Cl)C1. The van der Waals surface area contributed by atoms with Gasteiger partial charge < -0.3 is 5.32 Å². The number of sulfonamides is 1. The van der Waals surface area contributed by atoms with Crippen molar-refractivity contribution < 1.29 is 18.1 Å². The van der Waals surface area contributed by atoms with Crippen molar-refractivity contribution in [3.8, 4) is 0 Å². The second-order valence-electron chi connectivity index (χ2n) is 5.51. The van der Waals surface area contributed by atoms with Crippen LogP contribution in [0.3, 0.4) is 0 Å². The van der Waals surface area contributed by atoms with Crippen molar-refractivity contribution >= 4 is 38.9 Å². The van der Waals surface area contributed by atoms with Crippen LogP contribution in [0.1, 0.15) is 19.8 Å². The molecule has 1 aliphatic heterocycles. The molecule has 1 fully saturated rings. The van der Waals surface area contributed by atoms with E-state index in [0.717, 1.165) is 0 Å². The molecule has 1 heterocycles. The molecule has 24 heavy (non-hydrogen) atoms. The first-order chi connectivity index (χ1) is 11.2. The van der Waals surface area contributed by atoms with Crippen molar-refractivity contribution in [3.63, 3.8) is 0 Å². The Balaban J connectivity index is 2.12. The zero-order chi connectivity index (χ0) is 17.9. The number of carbonyl (C=O) groups excluding carboxylic acids is 1. The third-order valence-corrected chi connectivity index (χ3v) is 6.11. The van der Waals surface area contributed by atoms with E-state index in [1.807, 2.05) is 0 Å². The summed E-state index contributed by atoms with van der Waals surface area (Å²) in [6.45, 7) is 2.06. The van der Waals surface area contributed by atoms with Gasteiger partial charge in [0.1, 0.15) is 0 Å². The van der Waals surface area contributed by atoms with Crippen molar-refractivity contribution in [1.29, 1.82) is 0 Å². The summed E-state index contributed by atoms with van der Waals surface area (Å²) in [5, 5.41) is 13.6. The van der Waals surface area contributed by atoms with Gasteiger partial charge in [-0.3, -0.25) is 14.9 Å². The van der Waals surface area contributed by atoms with E-state index in [0.29, 0.717) is 19.4 Å². The molecule has 132 valence electrons. The molecular formula is C14H18ClN3O5S. The minimum absolute atomic E-state index is 0.0158. The molecule has 1 saturated heterocycles. The van der Waals surface area contributed by atoms with Crippen LogP contribution in [0.25, 0.3) is 0 Å². The fourth-order valence-electron chi connectivity index (χ4n) is 2.55. The van der Waals surface area contributed by atoms with E-state index in [2.05, 4.69) is 5.32 Å². The van der Waals surface area contributed by atoms with Gasteiger partial charge >= 0.3 is 0 Å². The Labute approximate surface area is 145 Å². The second kappa shape index (κ2) is 7.45. The van der Waals surface area contributed by atoms with Gasteiger partial charge in [0.25, 0.3) is 5.69 Å². The van der Waals surface area contributed by atoms with Crippen molar-refractivity contribution in [1.82, 2.24) is 4.31 Å². The van der Waals surface area contributed by atoms with Crippen LogP contribution < -0.4 is 5.32 Å². The smallest absolute Gasteiger partial charge is 0.271 e. The van der Waals surface area contributed by atoms with E-state index in [-0.39, 0.29) is 28.7 Å². The highest BCUT2D eigenvalue weighted by Gasteiger charge is 2.31. The number of anilines is 1. The molecule has 1 aromatic rings. The maximum atomic E-state index is 12.4. The van der Waals surface area contributed by atoms with Crippen LogP contribution in [0, 0.1) is 16.0 Å². The van der Waals surface area contributed by atoms with Crippen LogP contribution >= 0.6 is 11.6 Å². The first kappa shape index (κ1) is 18.6. The van der Waals surface area contributed by atoms with Crippen LogP contribution in [0.4, 0.5) is 11.4 Å². The third kappa shape index (κ3) is 4.22. The average Bonchev–Trinajstić information content (AvgIpc) is 2.56. The molecule has 2 rings (SSSR count). The zero-order valence-electron chi connectivity index (χ0n) is 13.1. The van der Waals surface area contributed by atoms with Gasteiger partial charge in [-0.2, -0.15) is 0 Å². The van der Waals surface area contributed by atoms with Crippen LogP contribution in [0.5, 0.6) is 0 Å². The lowest BCUT2D eigenvalue weighted by molar-refractivity contribution is -0.384. The van der Waals surface area contributed by atoms with Crippen LogP contribution in [0.2, 0.25) is 5.02 Å². The summed E-state index contributed by atoms with van der Waals surface area (Å²) >= 11 is 5.96. The van der Waals surface area contributed by atoms with Gasteiger partial charge in [-0.1, -0.05) is 11.6 Å². The van der Waals surface area contributed by atoms with Gasteiger partial charge in [0, 0.05) is 25.2 Å². The molecule has 0 radical (unpaired) electrons. The summed E-state index contributed by atoms with van der Waals surface area (Å²) in [5.41, 5.74) is -0.0418. The maximum absolute atomic E-state index is 12.4. The molecule has 1 aliphatic rings. The topological polar surface area (TPSA) is 110 Å². The predicted octanol–water partition coefficient (Wildman–Crippen LogP) is 2.25. The molecule has 10 heteroatoms. The zero-order valence-corrected chi connectivity index (χ0v) is 14.6. The van der Waals surface area contributed by atoms with E-state index < -0.39 is 26.8 Å². The largest absolute Gasteiger partial charge is 0.324 e. The van der Waals surface area contributed by atoms with Crippen molar-refractivity contribution in [2.45, 2.75) is 19.8 Å². The Bertz CT molecular complexity index is 753. The number of benzene rings is 1. The summed E-state index contributed by atoms with van der Waals surface area (Å²) in [7, 11) is -3.35. The van der Waals surface area contributed by atoms with Gasteiger partial charge in [-0.15, -0.1) is 0 Å². The minimum atomic E-state index is -3.35. The van der Waals surface area contributed by atoms with Crippen molar-refractivity contribution in [2.24, 2.45) is 5.92 Å². The van der Waals surface area contributed by atoms with Crippen molar-refractivity contribution in [2.75, 3.05) is 24.2 Å². The van der Waals surface area contributed by atoms with E-state index in [9.17, 15) is 23.3 Å². The number of nitrogens with zero attached hydrogens (tertiary/aromatic N) is 2. The fourth-order valence-corrected chi connectivity index (χ4v) is 3.89. The Kier molecular flexibility index (Phi) is 5.79. The Morgan fingerprint density at radius 2 is 2.21 bits per heavy atom. The van der Waals surface area contributed by atoms with E-state index in [1.54, 1.807) is 6.92 Å². The summed E-state index contributed by atoms with van der Waals surface area (Å²) < 4.78 is 25.2. The second-order valence-corrected chi connectivity index (χ2v) is 8.17. The van der Waals surface area contributed by atoms with Gasteiger partial charge in [0.15, 0.2) is 0 Å². The molecule has 1 aromatic carbocycles. The van der Waals surface area contributed by atoms with Crippen LogP contribution in [0.15, 0.2) is 18.2 Å². The van der Waals surface area contributed by atoms with Gasteiger partial charge in [-0.25, -0.2) is 12.7 Å². The highest BCUT2D eigenvalue weighted by Crippen LogP contribution is 2.28. The van der Waals surface area contributed by atoms with Gasteiger partial charge in [0.2, 0.25) is 15.9 Å². The first-order valence-electron chi connectivity index (χ1n) is 7.47. The van der Waals surface area contributed by atoms with E-state index in [4.69, 9.17) is 11.6 Å².